The van der Waals surface area contributed by atoms with E-state index < -0.39 is 0 Å². The molecule has 1 aromatic heterocycles. The molecule has 2 rings (SSSR count). The smallest absolute Gasteiger partial charge is 0.0438 e. The second-order valence-electron chi connectivity index (χ2n) is 5.77. The quantitative estimate of drug-likeness (QED) is 0.808. The summed E-state index contributed by atoms with van der Waals surface area (Å²) >= 11 is 0. The molecule has 1 fully saturated rings. The minimum atomic E-state index is 0.577. The average Bonchev–Trinajstić information content (AvgIpc) is 2.38. The van der Waals surface area contributed by atoms with Gasteiger partial charge in [-0.1, -0.05) is 26.8 Å². The van der Waals surface area contributed by atoms with Gasteiger partial charge in [-0.25, -0.2) is 0 Å². The highest BCUT2D eigenvalue weighted by molar-refractivity contribution is 5.26. The van der Waals surface area contributed by atoms with Crippen LogP contribution in [0.15, 0.2) is 12.1 Å². The molecule has 0 N–H and O–H groups in total. The van der Waals surface area contributed by atoms with E-state index in [-0.39, 0.29) is 0 Å². The van der Waals surface area contributed by atoms with Crippen molar-refractivity contribution >= 4 is 0 Å². The summed E-state index contributed by atoms with van der Waals surface area (Å²) in [4.78, 5) is 7.38. The van der Waals surface area contributed by atoms with Crippen LogP contribution >= 0.6 is 0 Å². The Bertz CT molecular complexity index is 390. The van der Waals surface area contributed by atoms with Crippen molar-refractivity contribution in [2.45, 2.75) is 52.4 Å². The molecule has 0 atom stereocenters. The van der Waals surface area contributed by atoms with Crippen molar-refractivity contribution in [3.05, 3.63) is 29.1 Å². The standard InChI is InChI=1S/C16H26N2/c1-5-18-10-8-14(9-11-18)16-7-6-15(12(2)3)13(4)17-16/h6-7,12,14H,5,8-11H2,1-4H3. The molecule has 1 aromatic rings. The summed E-state index contributed by atoms with van der Waals surface area (Å²) < 4.78 is 0. The van der Waals surface area contributed by atoms with Crippen LogP contribution < -0.4 is 0 Å². The largest absolute Gasteiger partial charge is 0.304 e. The molecule has 0 unspecified atom stereocenters. The van der Waals surface area contributed by atoms with Gasteiger partial charge in [0.2, 0.25) is 0 Å². The molecule has 0 amide bonds. The number of aromatic nitrogens is 1. The van der Waals surface area contributed by atoms with Crippen molar-refractivity contribution in [1.82, 2.24) is 9.88 Å². The van der Waals surface area contributed by atoms with E-state index >= 15 is 0 Å². The van der Waals surface area contributed by atoms with Crippen LogP contribution in [0.3, 0.4) is 0 Å². The molecule has 2 heteroatoms. The monoisotopic (exact) mass is 246 g/mol. The van der Waals surface area contributed by atoms with Crippen LogP contribution in [-0.2, 0) is 0 Å². The third-order valence-corrected chi connectivity index (χ3v) is 4.22. The van der Waals surface area contributed by atoms with Crippen molar-refractivity contribution in [1.29, 1.82) is 0 Å². The lowest BCUT2D eigenvalue weighted by Crippen LogP contribution is -2.32. The highest BCUT2D eigenvalue weighted by Crippen LogP contribution is 2.28. The summed E-state index contributed by atoms with van der Waals surface area (Å²) in [7, 11) is 0. The molecular formula is C16H26N2. The van der Waals surface area contributed by atoms with Crippen molar-refractivity contribution in [2.75, 3.05) is 19.6 Å². The summed E-state index contributed by atoms with van der Waals surface area (Å²) in [5.41, 5.74) is 3.93. The summed E-state index contributed by atoms with van der Waals surface area (Å²) in [5.74, 6) is 1.25. The van der Waals surface area contributed by atoms with Crippen LogP contribution in [-0.4, -0.2) is 29.5 Å². The lowest BCUT2D eigenvalue weighted by atomic mass is 9.91. The number of pyridine rings is 1. The van der Waals surface area contributed by atoms with E-state index in [4.69, 9.17) is 4.98 Å². The predicted octanol–water partition coefficient (Wildman–Crippen LogP) is 3.71. The maximum atomic E-state index is 4.85. The predicted molar refractivity (Wildman–Crippen MR) is 77.2 cm³/mol. The van der Waals surface area contributed by atoms with Crippen molar-refractivity contribution in [3.63, 3.8) is 0 Å². The van der Waals surface area contributed by atoms with Crippen LogP contribution in [0.4, 0.5) is 0 Å². The summed E-state index contributed by atoms with van der Waals surface area (Å²) in [6.45, 7) is 12.5. The van der Waals surface area contributed by atoms with Gasteiger partial charge in [-0.15, -0.1) is 0 Å². The fourth-order valence-electron chi connectivity index (χ4n) is 2.97. The van der Waals surface area contributed by atoms with Gasteiger partial charge in [0.25, 0.3) is 0 Å². The second kappa shape index (κ2) is 5.83. The van der Waals surface area contributed by atoms with Gasteiger partial charge in [-0.3, -0.25) is 4.98 Å². The second-order valence-corrected chi connectivity index (χ2v) is 5.77. The first-order chi connectivity index (χ1) is 8.61. The third kappa shape index (κ3) is 2.92. The Morgan fingerprint density at radius 1 is 1.28 bits per heavy atom. The SMILES string of the molecule is CCN1CCC(c2ccc(C(C)C)c(C)n2)CC1. The highest BCUT2D eigenvalue weighted by atomic mass is 15.1. The van der Waals surface area contributed by atoms with E-state index in [1.807, 2.05) is 0 Å². The van der Waals surface area contributed by atoms with E-state index in [9.17, 15) is 0 Å². The molecule has 0 aliphatic carbocycles. The van der Waals surface area contributed by atoms with Crippen LogP contribution in [0.1, 0.15) is 62.4 Å². The van der Waals surface area contributed by atoms with Gasteiger partial charge in [0.1, 0.15) is 0 Å². The summed E-state index contributed by atoms with van der Waals surface area (Å²) in [6, 6.07) is 4.54. The first-order valence-electron chi connectivity index (χ1n) is 7.31. The van der Waals surface area contributed by atoms with Gasteiger partial charge < -0.3 is 4.90 Å². The van der Waals surface area contributed by atoms with Gasteiger partial charge in [0.15, 0.2) is 0 Å². The number of rotatable bonds is 3. The Labute approximate surface area is 111 Å². The molecule has 0 spiro atoms. The molecule has 18 heavy (non-hydrogen) atoms. The Kier molecular flexibility index (Phi) is 4.39. The van der Waals surface area contributed by atoms with Gasteiger partial charge in [-0.05, 0) is 56.9 Å². The fourth-order valence-corrected chi connectivity index (χ4v) is 2.97. The molecule has 1 aliphatic rings. The number of piperidine rings is 1. The number of nitrogens with zero attached hydrogens (tertiary/aromatic N) is 2. The fraction of sp³-hybridized carbons (Fsp3) is 0.688. The van der Waals surface area contributed by atoms with E-state index in [0.29, 0.717) is 11.8 Å². The number of likely N-dealkylation sites (tertiary alicyclic amines) is 1. The topological polar surface area (TPSA) is 16.1 Å². The molecular weight excluding hydrogens is 220 g/mol. The van der Waals surface area contributed by atoms with Crippen molar-refractivity contribution in [2.24, 2.45) is 0 Å². The Hall–Kier alpha value is -0.890. The zero-order valence-electron chi connectivity index (χ0n) is 12.2. The Morgan fingerprint density at radius 2 is 1.94 bits per heavy atom. The van der Waals surface area contributed by atoms with Crippen LogP contribution in [0.5, 0.6) is 0 Å². The van der Waals surface area contributed by atoms with Crippen LogP contribution in [0.25, 0.3) is 0 Å². The number of hydrogen-bond donors (Lipinski definition) is 0. The van der Waals surface area contributed by atoms with Crippen molar-refractivity contribution in [3.8, 4) is 0 Å². The zero-order valence-corrected chi connectivity index (χ0v) is 12.2. The molecule has 100 valence electrons. The minimum Gasteiger partial charge on any atom is -0.304 e. The molecule has 1 aliphatic heterocycles. The van der Waals surface area contributed by atoms with Gasteiger partial charge >= 0.3 is 0 Å². The minimum absolute atomic E-state index is 0.577. The maximum Gasteiger partial charge on any atom is 0.0438 e. The zero-order chi connectivity index (χ0) is 13.1. The molecule has 0 bridgehead atoms. The van der Waals surface area contributed by atoms with E-state index in [1.165, 1.54) is 49.4 Å². The molecule has 0 aromatic carbocycles. The Balaban J connectivity index is 2.08. The molecule has 2 heterocycles. The summed E-state index contributed by atoms with van der Waals surface area (Å²) in [5, 5.41) is 0. The third-order valence-electron chi connectivity index (χ3n) is 4.22. The first kappa shape index (κ1) is 13.5. The van der Waals surface area contributed by atoms with Crippen LogP contribution in [0.2, 0.25) is 0 Å². The lowest BCUT2D eigenvalue weighted by molar-refractivity contribution is 0.221. The van der Waals surface area contributed by atoms with E-state index in [2.05, 4.69) is 44.7 Å². The average molecular weight is 246 g/mol. The molecule has 2 nitrogen and oxygen atoms in total. The van der Waals surface area contributed by atoms with E-state index in [0.717, 1.165) is 0 Å². The Morgan fingerprint density at radius 3 is 2.44 bits per heavy atom. The molecule has 0 saturated carbocycles. The van der Waals surface area contributed by atoms with Gasteiger partial charge in [-0.2, -0.15) is 0 Å². The van der Waals surface area contributed by atoms with Crippen molar-refractivity contribution < 1.29 is 0 Å². The molecule has 1 saturated heterocycles. The van der Waals surface area contributed by atoms with Gasteiger partial charge in [0, 0.05) is 17.3 Å². The molecule has 0 radical (unpaired) electrons. The highest BCUT2D eigenvalue weighted by Gasteiger charge is 2.21. The lowest BCUT2D eigenvalue weighted by Gasteiger charge is -2.31. The van der Waals surface area contributed by atoms with Gasteiger partial charge in [0.05, 0.1) is 0 Å². The first-order valence-corrected chi connectivity index (χ1v) is 7.31. The normalized spacial score (nSPS) is 18.5. The van der Waals surface area contributed by atoms with E-state index in [1.54, 1.807) is 0 Å². The van der Waals surface area contributed by atoms with Crippen LogP contribution in [0, 0.1) is 6.92 Å². The number of aryl methyl sites for hydroxylation is 1. The number of hydrogen-bond acceptors (Lipinski definition) is 2. The maximum absolute atomic E-state index is 4.85. The summed E-state index contributed by atoms with van der Waals surface area (Å²) in [6.07, 6.45) is 2.53.